The van der Waals surface area contributed by atoms with Crippen molar-refractivity contribution in [3.8, 4) is 0 Å². The van der Waals surface area contributed by atoms with Gasteiger partial charge in [-0.2, -0.15) is 0 Å². The van der Waals surface area contributed by atoms with Crippen LogP contribution in [0, 0.1) is 5.82 Å². The van der Waals surface area contributed by atoms with Gasteiger partial charge in [0.1, 0.15) is 10.8 Å². The summed E-state index contributed by atoms with van der Waals surface area (Å²) in [5, 5.41) is 10.2. The Labute approximate surface area is 150 Å². The van der Waals surface area contributed by atoms with Gasteiger partial charge in [0.05, 0.1) is 21.9 Å². The van der Waals surface area contributed by atoms with E-state index in [0.717, 1.165) is 22.7 Å². The first-order valence-electron chi connectivity index (χ1n) is 7.03. The quantitative estimate of drug-likeness (QED) is 0.750. The van der Waals surface area contributed by atoms with Gasteiger partial charge < -0.3 is 9.90 Å². The third-order valence-corrected chi connectivity index (χ3v) is 5.00. The SMILES string of the molecule is O=C([O-])c1cccnc1S[C@H]1CC(=O)N(c2ccc(F)c(Cl)c2)C1=O. The summed E-state index contributed by atoms with van der Waals surface area (Å²) < 4.78 is 13.3. The number of anilines is 1. The van der Waals surface area contributed by atoms with Crippen LogP contribution in [0.3, 0.4) is 0 Å². The van der Waals surface area contributed by atoms with Gasteiger partial charge in [-0.1, -0.05) is 23.4 Å². The Kier molecular flexibility index (Phi) is 4.73. The van der Waals surface area contributed by atoms with Crippen molar-refractivity contribution in [2.45, 2.75) is 16.7 Å². The lowest BCUT2D eigenvalue weighted by Gasteiger charge is -2.16. The Morgan fingerprint density at radius 1 is 1.36 bits per heavy atom. The molecule has 1 aliphatic heterocycles. The standard InChI is InChI=1S/C16H10ClFN2O4S/c17-10-6-8(3-4-11(10)18)20-13(21)7-12(15(20)22)25-14-9(16(23)24)2-1-5-19-14/h1-6,12H,7H2,(H,23,24)/p-1/t12-/m0/s1. The molecule has 1 atom stereocenters. The number of pyridine rings is 1. The maximum atomic E-state index is 13.3. The van der Waals surface area contributed by atoms with Crippen LogP contribution in [-0.4, -0.2) is 28.0 Å². The summed E-state index contributed by atoms with van der Waals surface area (Å²) in [6.45, 7) is 0. The number of hydrogen-bond donors (Lipinski definition) is 0. The maximum absolute atomic E-state index is 13.3. The highest BCUT2D eigenvalue weighted by Gasteiger charge is 2.40. The molecule has 128 valence electrons. The zero-order valence-electron chi connectivity index (χ0n) is 12.4. The lowest BCUT2D eigenvalue weighted by atomic mass is 10.3. The Morgan fingerprint density at radius 2 is 2.12 bits per heavy atom. The average molecular weight is 380 g/mol. The number of carbonyl (C=O) groups is 3. The summed E-state index contributed by atoms with van der Waals surface area (Å²) in [7, 11) is 0. The molecule has 1 aliphatic rings. The van der Waals surface area contributed by atoms with E-state index in [-0.39, 0.29) is 27.7 Å². The molecule has 1 aromatic carbocycles. The Hall–Kier alpha value is -2.45. The number of imide groups is 1. The number of nitrogens with zero attached hydrogens (tertiary/aromatic N) is 2. The number of carbonyl (C=O) groups excluding carboxylic acids is 3. The monoisotopic (exact) mass is 379 g/mol. The number of aromatic nitrogens is 1. The molecule has 2 amide bonds. The van der Waals surface area contributed by atoms with Crippen molar-refractivity contribution in [2.75, 3.05) is 4.90 Å². The van der Waals surface area contributed by atoms with E-state index in [1.54, 1.807) is 0 Å². The van der Waals surface area contributed by atoms with Crippen molar-refractivity contribution in [3.05, 3.63) is 52.9 Å². The van der Waals surface area contributed by atoms with Gasteiger partial charge >= 0.3 is 0 Å². The third-order valence-electron chi connectivity index (χ3n) is 3.51. The van der Waals surface area contributed by atoms with Crippen molar-refractivity contribution >= 4 is 46.8 Å². The number of aromatic carboxylic acids is 1. The number of benzene rings is 1. The van der Waals surface area contributed by atoms with E-state index in [2.05, 4.69) is 4.98 Å². The smallest absolute Gasteiger partial charge is 0.247 e. The van der Waals surface area contributed by atoms with Crippen LogP contribution >= 0.6 is 23.4 Å². The number of amides is 2. The van der Waals surface area contributed by atoms with Crippen molar-refractivity contribution in [1.82, 2.24) is 4.98 Å². The maximum Gasteiger partial charge on any atom is 0.247 e. The van der Waals surface area contributed by atoms with Crippen LogP contribution in [-0.2, 0) is 9.59 Å². The molecule has 6 nitrogen and oxygen atoms in total. The van der Waals surface area contributed by atoms with Crippen LogP contribution in [0.4, 0.5) is 10.1 Å². The highest BCUT2D eigenvalue weighted by atomic mass is 35.5. The van der Waals surface area contributed by atoms with Crippen LogP contribution in [0.25, 0.3) is 0 Å². The normalized spacial score (nSPS) is 17.2. The molecule has 25 heavy (non-hydrogen) atoms. The number of thioether (sulfide) groups is 1. The molecular weight excluding hydrogens is 371 g/mol. The zero-order valence-corrected chi connectivity index (χ0v) is 14.0. The van der Waals surface area contributed by atoms with Gasteiger partial charge in [-0.3, -0.25) is 9.59 Å². The fourth-order valence-corrected chi connectivity index (χ4v) is 3.64. The van der Waals surface area contributed by atoms with Gasteiger partial charge in [-0.05, 0) is 30.3 Å². The summed E-state index contributed by atoms with van der Waals surface area (Å²) in [6.07, 6.45) is 1.25. The van der Waals surface area contributed by atoms with Gasteiger partial charge in [0, 0.05) is 18.2 Å². The molecule has 0 radical (unpaired) electrons. The van der Waals surface area contributed by atoms with Crippen LogP contribution in [0.2, 0.25) is 5.02 Å². The molecule has 3 rings (SSSR count). The molecular formula is C16H9ClFN2O4S-. The minimum atomic E-state index is -1.42. The number of rotatable bonds is 4. The molecule has 1 saturated heterocycles. The highest BCUT2D eigenvalue weighted by molar-refractivity contribution is 8.00. The first-order valence-corrected chi connectivity index (χ1v) is 8.29. The topological polar surface area (TPSA) is 90.4 Å². The average Bonchev–Trinajstić information content (AvgIpc) is 2.84. The van der Waals surface area contributed by atoms with E-state index < -0.39 is 28.9 Å². The van der Waals surface area contributed by atoms with E-state index >= 15 is 0 Å². The van der Waals surface area contributed by atoms with Crippen molar-refractivity contribution in [3.63, 3.8) is 0 Å². The second kappa shape index (κ2) is 6.81. The molecule has 2 heterocycles. The molecule has 0 unspecified atom stereocenters. The van der Waals surface area contributed by atoms with E-state index in [0.29, 0.717) is 0 Å². The summed E-state index contributed by atoms with van der Waals surface area (Å²) in [6, 6.07) is 6.27. The second-order valence-electron chi connectivity index (χ2n) is 5.12. The molecule has 1 aromatic heterocycles. The van der Waals surface area contributed by atoms with Gasteiger partial charge in [0.15, 0.2) is 0 Å². The Morgan fingerprint density at radius 3 is 2.80 bits per heavy atom. The number of carboxylic acids is 1. The lowest BCUT2D eigenvalue weighted by molar-refractivity contribution is -0.255. The predicted molar refractivity (Wildman–Crippen MR) is 86.7 cm³/mol. The minimum Gasteiger partial charge on any atom is -0.545 e. The number of hydrogen-bond acceptors (Lipinski definition) is 6. The van der Waals surface area contributed by atoms with Crippen LogP contribution in [0.5, 0.6) is 0 Å². The van der Waals surface area contributed by atoms with Crippen molar-refractivity contribution in [2.24, 2.45) is 0 Å². The van der Waals surface area contributed by atoms with Crippen LogP contribution < -0.4 is 10.0 Å². The lowest BCUT2D eigenvalue weighted by Crippen LogP contribution is -2.31. The van der Waals surface area contributed by atoms with E-state index in [1.165, 1.54) is 30.5 Å². The predicted octanol–water partition coefficient (Wildman–Crippen LogP) is 1.66. The van der Waals surface area contributed by atoms with Crippen molar-refractivity contribution < 1.29 is 23.9 Å². The summed E-state index contributed by atoms with van der Waals surface area (Å²) in [4.78, 5) is 40.7. The minimum absolute atomic E-state index is 0.0904. The third kappa shape index (κ3) is 3.35. The molecule has 0 N–H and O–H groups in total. The molecule has 1 fully saturated rings. The first-order chi connectivity index (χ1) is 11.9. The second-order valence-corrected chi connectivity index (χ2v) is 6.72. The highest BCUT2D eigenvalue weighted by Crippen LogP contribution is 2.35. The van der Waals surface area contributed by atoms with Crippen LogP contribution in [0.1, 0.15) is 16.8 Å². The fourth-order valence-electron chi connectivity index (χ4n) is 2.37. The zero-order chi connectivity index (χ0) is 18.1. The Bertz CT molecular complexity index is 892. The van der Waals surface area contributed by atoms with Crippen LogP contribution in [0.15, 0.2) is 41.6 Å². The fraction of sp³-hybridized carbons (Fsp3) is 0.125. The van der Waals surface area contributed by atoms with Gasteiger partial charge in [0.25, 0.3) is 0 Å². The number of halogens is 2. The van der Waals surface area contributed by atoms with Crippen molar-refractivity contribution in [1.29, 1.82) is 0 Å². The molecule has 9 heteroatoms. The molecule has 0 aliphatic carbocycles. The number of carboxylic acid groups (broad SMARTS) is 1. The van der Waals surface area contributed by atoms with Gasteiger partial charge in [0.2, 0.25) is 11.8 Å². The largest absolute Gasteiger partial charge is 0.545 e. The molecule has 0 bridgehead atoms. The summed E-state index contributed by atoms with van der Waals surface area (Å²) in [5.41, 5.74) is 0.00155. The molecule has 2 aromatic rings. The van der Waals surface area contributed by atoms with E-state index in [9.17, 15) is 23.9 Å². The van der Waals surface area contributed by atoms with Gasteiger partial charge in [-0.15, -0.1) is 0 Å². The molecule has 0 saturated carbocycles. The summed E-state index contributed by atoms with van der Waals surface area (Å²) >= 11 is 6.57. The Balaban J connectivity index is 1.87. The summed E-state index contributed by atoms with van der Waals surface area (Å²) in [5.74, 6) is -3.12. The van der Waals surface area contributed by atoms with E-state index in [4.69, 9.17) is 11.6 Å². The first kappa shape index (κ1) is 17.4. The molecule has 0 spiro atoms. The van der Waals surface area contributed by atoms with Gasteiger partial charge in [-0.25, -0.2) is 14.3 Å². The van der Waals surface area contributed by atoms with E-state index in [1.807, 2.05) is 0 Å².